The molecule has 0 aliphatic carbocycles. The smallest absolute Gasteiger partial charge is 0.0651 e. The van der Waals surface area contributed by atoms with Gasteiger partial charge in [-0.1, -0.05) is 164 Å². The molecule has 9 aromatic rings. The van der Waals surface area contributed by atoms with Gasteiger partial charge in [0.2, 0.25) is 0 Å². The highest BCUT2D eigenvalue weighted by atomic mass is 15.1. The number of nitrogens with zero attached hydrogens (tertiary/aromatic N) is 1. The van der Waals surface area contributed by atoms with Gasteiger partial charge in [-0.25, -0.2) is 0 Å². The van der Waals surface area contributed by atoms with Crippen LogP contribution in [0.1, 0.15) is 23.3 Å². The van der Waals surface area contributed by atoms with E-state index < -0.39 is 131 Å². The monoisotopic (exact) mass is 692 g/mol. The lowest BCUT2D eigenvalue weighted by molar-refractivity contribution is 1.28. The second kappa shape index (κ2) is 14.3. The highest BCUT2D eigenvalue weighted by molar-refractivity contribution is 5.89. The Kier molecular flexibility index (Phi) is 5.01. The maximum atomic E-state index is 9.78. The molecule has 0 fully saturated rings. The molecule has 250 valence electrons. The van der Waals surface area contributed by atoms with Gasteiger partial charge in [0.05, 0.1) is 23.3 Å². The van der Waals surface area contributed by atoms with E-state index in [2.05, 4.69) is 0 Å². The number of hydrogen-bond acceptors (Lipinski definition) is 1. The van der Waals surface area contributed by atoms with E-state index in [0.717, 1.165) is 21.4 Å². The molecule has 0 spiro atoms. The Labute approximate surface area is 335 Å². The summed E-state index contributed by atoms with van der Waals surface area (Å²) in [6, 6.07) is 22.9. The second-order valence-electron chi connectivity index (χ2n) is 12.1. The Hall–Kier alpha value is -6.96. The van der Waals surface area contributed by atoms with Crippen LogP contribution in [0.5, 0.6) is 0 Å². The highest BCUT2D eigenvalue weighted by Crippen LogP contribution is 2.40. The van der Waals surface area contributed by atoms with Crippen molar-refractivity contribution in [3.63, 3.8) is 0 Å². The van der Waals surface area contributed by atoms with Crippen LogP contribution in [0.15, 0.2) is 224 Å². The van der Waals surface area contributed by atoms with E-state index in [1.54, 1.807) is 42.5 Å². The van der Waals surface area contributed by atoms with E-state index in [0.29, 0.717) is 16.5 Å². The van der Waals surface area contributed by atoms with Gasteiger partial charge in [-0.3, -0.25) is 0 Å². The topological polar surface area (TPSA) is 3.24 Å². The van der Waals surface area contributed by atoms with Gasteiger partial charge in [-0.15, -0.1) is 0 Å². The van der Waals surface area contributed by atoms with Gasteiger partial charge in [-0.05, 0) is 127 Å². The molecule has 9 aromatic carbocycles. The maximum absolute atomic E-state index is 9.78. The summed E-state index contributed by atoms with van der Waals surface area (Å²) in [5.41, 5.74) is -0.355. The van der Waals surface area contributed by atoms with Gasteiger partial charge in [-0.2, -0.15) is 0 Å². The Bertz CT molecular complexity index is 3490. The summed E-state index contributed by atoms with van der Waals surface area (Å²) in [7, 11) is 0. The maximum Gasteiger partial charge on any atom is 0.0651 e. The average molecular weight is 693 g/mol. The summed E-state index contributed by atoms with van der Waals surface area (Å²) in [6.07, 6.45) is 0. The van der Waals surface area contributed by atoms with Gasteiger partial charge in [0.15, 0.2) is 0 Å². The number of rotatable bonds is 8. The van der Waals surface area contributed by atoms with Crippen LogP contribution in [0.3, 0.4) is 0 Å². The van der Waals surface area contributed by atoms with Crippen LogP contribution in [0.4, 0.5) is 17.1 Å². The number of anilines is 3. The third-order valence-electron chi connectivity index (χ3n) is 8.73. The Morgan fingerprint density at radius 3 is 1.38 bits per heavy atom. The first-order valence-corrected chi connectivity index (χ1v) is 16.8. The molecule has 0 N–H and O–H groups in total. The van der Waals surface area contributed by atoms with Crippen molar-refractivity contribution in [1.82, 2.24) is 0 Å². The van der Waals surface area contributed by atoms with Crippen molar-refractivity contribution >= 4 is 27.8 Å². The molecular formula is C52H37N. The van der Waals surface area contributed by atoms with Crippen LogP contribution in [-0.4, -0.2) is 0 Å². The fourth-order valence-corrected chi connectivity index (χ4v) is 6.12. The van der Waals surface area contributed by atoms with Crippen molar-refractivity contribution in [2.75, 3.05) is 4.90 Å². The fourth-order valence-electron chi connectivity index (χ4n) is 6.12. The minimum Gasteiger partial charge on any atom is -0.310 e. The van der Waals surface area contributed by atoms with Crippen molar-refractivity contribution in [3.05, 3.63) is 224 Å². The van der Waals surface area contributed by atoms with Gasteiger partial charge < -0.3 is 4.90 Å². The summed E-state index contributed by atoms with van der Waals surface area (Å²) in [4.78, 5) is 0.722. The van der Waals surface area contributed by atoms with E-state index in [4.69, 9.17) is 9.60 Å². The Balaban J connectivity index is 1.38. The molecular weight excluding hydrogens is 639 g/mol. The van der Waals surface area contributed by atoms with E-state index in [1.165, 1.54) is 0 Å². The molecule has 0 atom stereocenters. The van der Waals surface area contributed by atoms with Crippen LogP contribution in [-0.2, 0) is 0 Å². The van der Waals surface area contributed by atoms with Gasteiger partial charge >= 0.3 is 0 Å². The van der Waals surface area contributed by atoms with Gasteiger partial charge in [0.25, 0.3) is 0 Å². The third kappa shape index (κ3) is 6.77. The van der Waals surface area contributed by atoms with E-state index in [-0.39, 0.29) is 22.3 Å². The molecule has 0 heterocycles. The minimum absolute atomic E-state index is 0.151. The molecule has 53 heavy (non-hydrogen) atoms. The number of hydrogen-bond donors (Lipinski definition) is 0. The lowest BCUT2D eigenvalue weighted by Gasteiger charge is -2.26. The van der Waals surface area contributed by atoms with Crippen molar-refractivity contribution in [2.24, 2.45) is 0 Å². The predicted octanol–water partition coefficient (Wildman–Crippen LogP) is 14.6. The first kappa shape index (κ1) is 18.5. The average Bonchev–Trinajstić information content (AvgIpc) is 3.37. The summed E-state index contributed by atoms with van der Waals surface area (Å²) < 4.78 is 156. The molecule has 0 aromatic heterocycles. The van der Waals surface area contributed by atoms with Crippen LogP contribution >= 0.6 is 0 Å². The molecule has 9 rings (SSSR count). The van der Waals surface area contributed by atoms with E-state index >= 15 is 0 Å². The first-order chi connectivity index (χ1) is 33.3. The molecule has 0 amide bonds. The zero-order valence-corrected chi connectivity index (χ0v) is 28.0. The van der Waals surface area contributed by atoms with E-state index in [9.17, 15) is 13.7 Å². The summed E-state index contributed by atoms with van der Waals surface area (Å²) >= 11 is 0. The largest absolute Gasteiger partial charge is 0.310 e. The number of benzene rings is 9. The van der Waals surface area contributed by atoms with Crippen molar-refractivity contribution in [2.45, 2.75) is 0 Å². The third-order valence-corrected chi connectivity index (χ3v) is 8.73. The van der Waals surface area contributed by atoms with Crippen molar-refractivity contribution < 1.29 is 23.3 Å². The number of fused-ring (bicyclic) bond motifs is 1. The predicted molar refractivity (Wildman–Crippen MR) is 226 cm³/mol. The zero-order valence-electron chi connectivity index (χ0n) is 45.0. The summed E-state index contributed by atoms with van der Waals surface area (Å²) in [5, 5.41) is 1.51. The van der Waals surface area contributed by atoms with Crippen molar-refractivity contribution in [3.8, 4) is 55.6 Å². The van der Waals surface area contributed by atoms with E-state index in [1.807, 2.05) is 78.9 Å². The molecule has 0 unspecified atom stereocenters. The van der Waals surface area contributed by atoms with Gasteiger partial charge in [0.1, 0.15) is 0 Å². The standard InChI is InChI=1S/C52H37N/c1-4-13-38(14-5-1)42-25-29-50(30-26-42)53(52-22-12-21-45(37-52)46-24-23-41-19-10-11-20-44(41)33-46)51-31-27-43(28-32-51)49-35-47(39-15-6-2-7-16-39)34-48(36-49)40-17-8-3-9-18-40/h1-37H/i1D,4D,5D,12D,13D,14D,21D,22D,25D,26D,27D,28D,29D,30D,31D,32D,37D. The van der Waals surface area contributed by atoms with Crippen LogP contribution < -0.4 is 4.90 Å². The van der Waals surface area contributed by atoms with Crippen LogP contribution in [0.25, 0.3) is 66.4 Å². The summed E-state index contributed by atoms with van der Waals surface area (Å²) in [6.45, 7) is 0. The Morgan fingerprint density at radius 1 is 0.283 bits per heavy atom. The molecule has 0 aliphatic heterocycles. The first-order valence-electron chi connectivity index (χ1n) is 25.3. The molecule has 0 bridgehead atoms. The SMILES string of the molecule is [2H]c1c([2H])c([2H])c(-c2c([2H])c([2H])c(N(c3c([2H])c([2H])c(-c4cc(-c5ccccc5)cc(-c5ccccc5)c4)c([2H])c3[2H])c3c([2H])c([2H])c([2H])c(-c4ccc5ccccc5c4)c3[2H])c([2H])c2[2H])c([2H])c1[2H]. The Morgan fingerprint density at radius 2 is 0.774 bits per heavy atom. The molecule has 0 saturated carbocycles. The lowest BCUT2D eigenvalue weighted by atomic mass is 9.93. The van der Waals surface area contributed by atoms with Gasteiger partial charge in [0, 0.05) is 17.1 Å². The normalized spacial score (nSPS) is 15.5. The molecule has 0 saturated heterocycles. The quantitative estimate of drug-likeness (QED) is 0.153. The molecule has 1 nitrogen and oxygen atoms in total. The zero-order chi connectivity index (χ0) is 50.2. The molecule has 0 radical (unpaired) electrons. The highest BCUT2D eigenvalue weighted by Gasteiger charge is 2.15. The molecule has 0 aliphatic rings. The van der Waals surface area contributed by atoms with Crippen molar-refractivity contribution in [1.29, 1.82) is 0 Å². The fraction of sp³-hybridized carbons (Fsp3) is 0. The lowest BCUT2D eigenvalue weighted by Crippen LogP contribution is -2.10. The summed E-state index contributed by atoms with van der Waals surface area (Å²) in [5.74, 6) is 0. The van der Waals surface area contributed by atoms with Crippen LogP contribution in [0.2, 0.25) is 0 Å². The second-order valence-corrected chi connectivity index (χ2v) is 12.1. The van der Waals surface area contributed by atoms with Crippen LogP contribution in [0, 0.1) is 0 Å². The molecule has 1 heteroatoms. The minimum atomic E-state index is -0.973.